The Labute approximate surface area is 111 Å². The summed E-state index contributed by atoms with van der Waals surface area (Å²) in [6.45, 7) is 5.70. The third-order valence-electron chi connectivity index (χ3n) is 3.02. The average molecular weight is 269 g/mol. The predicted octanol–water partition coefficient (Wildman–Crippen LogP) is 3.22. The van der Waals surface area contributed by atoms with Crippen molar-refractivity contribution in [2.45, 2.75) is 33.2 Å². The van der Waals surface area contributed by atoms with Crippen molar-refractivity contribution in [1.82, 2.24) is 5.06 Å². The van der Waals surface area contributed by atoms with Gasteiger partial charge >= 0.3 is 0 Å². The highest BCUT2D eigenvalue weighted by molar-refractivity contribution is 5.81. The molecule has 1 heterocycles. The van der Waals surface area contributed by atoms with Crippen LogP contribution >= 0.6 is 0 Å². The minimum absolute atomic E-state index is 0.195. The number of carbonyl (C=O) groups is 1. The van der Waals surface area contributed by atoms with E-state index in [-0.39, 0.29) is 5.91 Å². The van der Waals surface area contributed by atoms with Crippen LogP contribution in [0.25, 0.3) is 0 Å². The number of benzene rings is 1. The van der Waals surface area contributed by atoms with Gasteiger partial charge in [0.15, 0.2) is 0 Å². The maximum absolute atomic E-state index is 13.3. The molecule has 0 bridgehead atoms. The zero-order chi connectivity index (χ0) is 14.2. The molecule has 0 radical (unpaired) electrons. The summed E-state index contributed by atoms with van der Waals surface area (Å²) in [6.07, 6.45) is 0.532. The topological polar surface area (TPSA) is 29.5 Å². The first-order valence-electron chi connectivity index (χ1n) is 6.21. The van der Waals surface area contributed by atoms with Crippen molar-refractivity contribution >= 4 is 5.91 Å². The van der Waals surface area contributed by atoms with E-state index in [0.29, 0.717) is 18.6 Å². The van der Waals surface area contributed by atoms with E-state index in [1.807, 2.05) is 0 Å². The number of halogens is 2. The smallest absolute Gasteiger partial charge is 0.252 e. The number of amides is 1. The minimum atomic E-state index is -0.648. The van der Waals surface area contributed by atoms with Gasteiger partial charge in [-0.1, -0.05) is 20.8 Å². The van der Waals surface area contributed by atoms with E-state index in [1.54, 1.807) is 20.8 Å². The number of hydrogen-bond donors (Lipinski definition) is 0. The van der Waals surface area contributed by atoms with Gasteiger partial charge in [-0.2, -0.15) is 0 Å². The number of nitrogens with zero attached hydrogens (tertiary/aromatic N) is 1. The van der Waals surface area contributed by atoms with E-state index < -0.39 is 23.1 Å². The highest BCUT2D eigenvalue weighted by atomic mass is 19.1. The Morgan fingerprint density at radius 2 is 1.84 bits per heavy atom. The lowest BCUT2D eigenvalue weighted by Gasteiger charge is -2.29. The molecule has 104 valence electrons. The van der Waals surface area contributed by atoms with E-state index in [0.717, 1.165) is 6.07 Å². The molecule has 0 aliphatic carbocycles. The number of hydrogen-bond acceptors (Lipinski definition) is 2. The van der Waals surface area contributed by atoms with Crippen molar-refractivity contribution in [3.8, 4) is 0 Å². The lowest BCUT2D eigenvalue weighted by Crippen LogP contribution is -2.38. The molecule has 1 fully saturated rings. The van der Waals surface area contributed by atoms with E-state index >= 15 is 0 Å². The minimum Gasteiger partial charge on any atom is -0.272 e. The van der Waals surface area contributed by atoms with Crippen LogP contribution in [-0.2, 0) is 9.63 Å². The van der Waals surface area contributed by atoms with Crippen LogP contribution in [0.4, 0.5) is 8.78 Å². The Morgan fingerprint density at radius 3 is 2.37 bits per heavy atom. The molecule has 2 rings (SSSR count). The van der Waals surface area contributed by atoms with Crippen LogP contribution in [0.5, 0.6) is 0 Å². The van der Waals surface area contributed by atoms with Crippen molar-refractivity contribution in [1.29, 1.82) is 0 Å². The zero-order valence-electron chi connectivity index (χ0n) is 11.2. The van der Waals surface area contributed by atoms with E-state index in [2.05, 4.69) is 0 Å². The largest absolute Gasteiger partial charge is 0.272 e. The van der Waals surface area contributed by atoms with Gasteiger partial charge in [-0.05, 0) is 17.7 Å². The third-order valence-corrected chi connectivity index (χ3v) is 3.02. The van der Waals surface area contributed by atoms with E-state index in [1.165, 1.54) is 17.2 Å². The normalized spacial score (nSPS) is 19.8. The molecule has 0 aromatic heterocycles. The van der Waals surface area contributed by atoms with Gasteiger partial charge in [0.25, 0.3) is 5.91 Å². The lowest BCUT2D eigenvalue weighted by molar-refractivity contribution is -0.186. The van der Waals surface area contributed by atoms with Gasteiger partial charge in [-0.3, -0.25) is 9.63 Å². The first-order valence-corrected chi connectivity index (χ1v) is 6.21. The fourth-order valence-corrected chi connectivity index (χ4v) is 2.07. The molecule has 19 heavy (non-hydrogen) atoms. The van der Waals surface area contributed by atoms with Gasteiger partial charge in [-0.15, -0.1) is 0 Å². The summed E-state index contributed by atoms with van der Waals surface area (Å²) in [7, 11) is 0. The van der Waals surface area contributed by atoms with Gasteiger partial charge in [0, 0.05) is 17.9 Å². The van der Waals surface area contributed by atoms with Crippen LogP contribution < -0.4 is 0 Å². The number of rotatable bonds is 1. The summed E-state index contributed by atoms with van der Waals surface area (Å²) in [4.78, 5) is 17.6. The van der Waals surface area contributed by atoms with Crippen LogP contribution in [0.3, 0.4) is 0 Å². The lowest BCUT2D eigenvalue weighted by atomic mass is 9.94. The average Bonchev–Trinajstić information content (AvgIpc) is 2.73. The Hall–Kier alpha value is -1.49. The van der Waals surface area contributed by atoms with Crippen LogP contribution in [0.15, 0.2) is 18.2 Å². The maximum Gasteiger partial charge on any atom is 0.252 e. The molecule has 3 nitrogen and oxygen atoms in total. The summed E-state index contributed by atoms with van der Waals surface area (Å²) < 4.78 is 26.5. The van der Waals surface area contributed by atoms with Gasteiger partial charge in [0.2, 0.25) is 0 Å². The third kappa shape index (κ3) is 2.92. The summed E-state index contributed by atoms with van der Waals surface area (Å²) in [5.41, 5.74) is -0.179. The first kappa shape index (κ1) is 13.9. The molecule has 0 spiro atoms. The maximum atomic E-state index is 13.3. The van der Waals surface area contributed by atoms with Crippen molar-refractivity contribution in [3.05, 3.63) is 35.4 Å². The number of hydroxylamine groups is 2. The zero-order valence-corrected chi connectivity index (χ0v) is 11.2. The molecule has 1 saturated heterocycles. The molecule has 1 aliphatic heterocycles. The highest BCUT2D eigenvalue weighted by Crippen LogP contribution is 2.34. The summed E-state index contributed by atoms with van der Waals surface area (Å²) in [5, 5.41) is 1.24. The van der Waals surface area contributed by atoms with Crippen LogP contribution in [0.1, 0.15) is 38.8 Å². The molecule has 0 N–H and O–H groups in total. The van der Waals surface area contributed by atoms with Crippen molar-refractivity contribution in [2.75, 3.05) is 6.61 Å². The van der Waals surface area contributed by atoms with Gasteiger partial charge in [0.1, 0.15) is 11.6 Å². The Bertz CT molecular complexity index is 476. The summed E-state index contributed by atoms with van der Waals surface area (Å²) in [6, 6.07) is 2.86. The molecule has 1 aliphatic rings. The Balaban J connectivity index is 2.31. The molecule has 0 saturated carbocycles. The van der Waals surface area contributed by atoms with Crippen molar-refractivity contribution in [3.63, 3.8) is 0 Å². The Kier molecular flexibility index (Phi) is 3.58. The highest BCUT2D eigenvalue weighted by Gasteiger charge is 2.37. The molecule has 1 aromatic carbocycles. The van der Waals surface area contributed by atoms with E-state index in [4.69, 9.17) is 4.84 Å². The molecule has 1 atom stereocenters. The summed E-state index contributed by atoms with van der Waals surface area (Å²) >= 11 is 0. The summed E-state index contributed by atoms with van der Waals surface area (Å²) in [5.74, 6) is -1.49. The molecule has 5 heteroatoms. The van der Waals surface area contributed by atoms with E-state index in [9.17, 15) is 13.6 Å². The second kappa shape index (κ2) is 4.89. The number of carbonyl (C=O) groups excluding carboxylic acids is 1. The Morgan fingerprint density at radius 1 is 1.26 bits per heavy atom. The molecule has 1 amide bonds. The predicted molar refractivity (Wildman–Crippen MR) is 66.0 cm³/mol. The monoisotopic (exact) mass is 269 g/mol. The second-order valence-electron chi connectivity index (χ2n) is 5.72. The molecular formula is C14H17F2NO2. The van der Waals surface area contributed by atoms with Crippen molar-refractivity contribution in [2.24, 2.45) is 5.41 Å². The van der Waals surface area contributed by atoms with Gasteiger partial charge in [-0.25, -0.2) is 13.8 Å². The molecule has 0 unspecified atom stereocenters. The standard InChI is InChI=1S/C14H17F2NO2/c1-14(2,3)13(18)17-12(4-5-19-17)9-6-10(15)8-11(16)7-9/h6-8,12H,4-5H2,1-3H3/t12-/m1/s1. The fourth-order valence-electron chi connectivity index (χ4n) is 2.07. The molecular weight excluding hydrogens is 252 g/mol. The fraction of sp³-hybridized carbons (Fsp3) is 0.500. The molecule has 1 aromatic rings. The SMILES string of the molecule is CC(C)(C)C(=O)N1OCC[C@@H]1c1cc(F)cc(F)c1. The second-order valence-corrected chi connectivity index (χ2v) is 5.72. The van der Waals surface area contributed by atoms with Crippen LogP contribution in [-0.4, -0.2) is 17.6 Å². The van der Waals surface area contributed by atoms with Gasteiger partial charge in [0.05, 0.1) is 12.6 Å². The first-order chi connectivity index (χ1) is 8.79. The van der Waals surface area contributed by atoms with Gasteiger partial charge < -0.3 is 0 Å². The van der Waals surface area contributed by atoms with Crippen molar-refractivity contribution < 1.29 is 18.4 Å². The van der Waals surface area contributed by atoms with Crippen LogP contribution in [0, 0.1) is 17.0 Å². The quantitative estimate of drug-likeness (QED) is 0.783. The van der Waals surface area contributed by atoms with Crippen LogP contribution in [0.2, 0.25) is 0 Å².